The van der Waals surface area contributed by atoms with Crippen LogP contribution in [0.25, 0.3) is 0 Å². The average Bonchev–Trinajstić information content (AvgIpc) is 2.42. The lowest BCUT2D eigenvalue weighted by atomic mass is 9.98. The molecule has 20 heavy (non-hydrogen) atoms. The lowest BCUT2D eigenvalue weighted by molar-refractivity contribution is 0.484. The minimum absolute atomic E-state index is 0.0723. The normalized spacial score (nSPS) is 12.4. The van der Waals surface area contributed by atoms with Crippen LogP contribution in [-0.2, 0) is 12.8 Å². The third kappa shape index (κ3) is 3.62. The van der Waals surface area contributed by atoms with Crippen molar-refractivity contribution in [2.45, 2.75) is 25.8 Å². The van der Waals surface area contributed by atoms with Crippen LogP contribution in [-0.4, -0.2) is 6.04 Å². The van der Waals surface area contributed by atoms with Crippen molar-refractivity contribution in [2.24, 2.45) is 5.84 Å². The second-order valence-electron chi connectivity index (χ2n) is 4.96. The third-order valence-corrected chi connectivity index (χ3v) is 3.31. The number of halogens is 2. The summed E-state index contributed by atoms with van der Waals surface area (Å²) in [7, 11) is 0. The molecule has 106 valence electrons. The summed E-state index contributed by atoms with van der Waals surface area (Å²) < 4.78 is 27.3. The molecule has 0 spiro atoms. The van der Waals surface area contributed by atoms with E-state index in [4.69, 9.17) is 5.84 Å². The van der Waals surface area contributed by atoms with Gasteiger partial charge in [-0.25, -0.2) is 8.78 Å². The Balaban J connectivity index is 2.13. The second-order valence-corrected chi connectivity index (χ2v) is 4.96. The van der Waals surface area contributed by atoms with Gasteiger partial charge in [0.1, 0.15) is 11.6 Å². The zero-order valence-electron chi connectivity index (χ0n) is 11.4. The van der Waals surface area contributed by atoms with E-state index in [9.17, 15) is 8.78 Å². The standard InChI is InChI=1S/C16H18F2N2/c1-11-4-2-5-12(8-11)9-13(20-19)10-14-15(17)6-3-7-16(14)18/h2-8,13,20H,9-10,19H2,1H3. The minimum atomic E-state index is -0.533. The topological polar surface area (TPSA) is 38.0 Å². The zero-order valence-corrected chi connectivity index (χ0v) is 11.4. The van der Waals surface area contributed by atoms with E-state index >= 15 is 0 Å². The van der Waals surface area contributed by atoms with E-state index in [2.05, 4.69) is 5.43 Å². The molecule has 2 rings (SSSR count). The van der Waals surface area contributed by atoms with Crippen LogP contribution in [0.1, 0.15) is 16.7 Å². The molecule has 0 heterocycles. The predicted molar refractivity (Wildman–Crippen MR) is 76.1 cm³/mol. The molecular formula is C16H18F2N2. The summed E-state index contributed by atoms with van der Waals surface area (Å²) in [6.45, 7) is 2.00. The zero-order chi connectivity index (χ0) is 14.5. The van der Waals surface area contributed by atoms with Gasteiger partial charge in [0, 0.05) is 11.6 Å². The van der Waals surface area contributed by atoms with E-state index < -0.39 is 11.6 Å². The minimum Gasteiger partial charge on any atom is -0.271 e. The maximum absolute atomic E-state index is 13.6. The number of hydrogen-bond acceptors (Lipinski definition) is 2. The van der Waals surface area contributed by atoms with Crippen molar-refractivity contribution in [3.8, 4) is 0 Å². The molecule has 0 saturated heterocycles. The van der Waals surface area contributed by atoms with E-state index in [1.807, 2.05) is 31.2 Å². The molecule has 2 nitrogen and oxygen atoms in total. The van der Waals surface area contributed by atoms with Gasteiger partial charge in [-0.15, -0.1) is 0 Å². The quantitative estimate of drug-likeness (QED) is 0.651. The first-order chi connectivity index (χ1) is 9.60. The summed E-state index contributed by atoms with van der Waals surface area (Å²) in [5.74, 6) is 4.45. The highest BCUT2D eigenvalue weighted by molar-refractivity contribution is 5.25. The Hall–Kier alpha value is -1.78. The Bertz CT molecular complexity index is 564. The molecule has 0 aromatic heterocycles. The largest absolute Gasteiger partial charge is 0.271 e. The van der Waals surface area contributed by atoms with Crippen molar-refractivity contribution in [1.29, 1.82) is 0 Å². The van der Waals surface area contributed by atoms with Gasteiger partial charge in [-0.1, -0.05) is 35.9 Å². The molecular weight excluding hydrogens is 258 g/mol. The van der Waals surface area contributed by atoms with Crippen LogP contribution in [0.15, 0.2) is 42.5 Å². The highest BCUT2D eigenvalue weighted by Crippen LogP contribution is 2.16. The van der Waals surface area contributed by atoms with Crippen LogP contribution in [0.5, 0.6) is 0 Å². The predicted octanol–water partition coefficient (Wildman–Crippen LogP) is 2.89. The van der Waals surface area contributed by atoms with Crippen LogP contribution in [0.3, 0.4) is 0 Å². The molecule has 0 aliphatic heterocycles. The van der Waals surface area contributed by atoms with Gasteiger partial charge >= 0.3 is 0 Å². The fourth-order valence-corrected chi connectivity index (χ4v) is 2.29. The first kappa shape index (κ1) is 14.6. The highest BCUT2D eigenvalue weighted by Gasteiger charge is 2.15. The average molecular weight is 276 g/mol. The van der Waals surface area contributed by atoms with Gasteiger partial charge in [0.2, 0.25) is 0 Å². The molecule has 0 radical (unpaired) electrons. The lowest BCUT2D eigenvalue weighted by Gasteiger charge is -2.17. The lowest BCUT2D eigenvalue weighted by Crippen LogP contribution is -2.38. The Morgan fingerprint density at radius 1 is 1.05 bits per heavy atom. The summed E-state index contributed by atoms with van der Waals surface area (Å²) in [6.07, 6.45) is 0.828. The molecule has 1 atom stereocenters. The molecule has 0 saturated carbocycles. The van der Waals surface area contributed by atoms with Crippen molar-refractivity contribution >= 4 is 0 Å². The maximum atomic E-state index is 13.6. The van der Waals surface area contributed by atoms with Gasteiger partial charge in [0.15, 0.2) is 0 Å². The highest BCUT2D eigenvalue weighted by atomic mass is 19.1. The number of aryl methyl sites for hydroxylation is 1. The molecule has 0 aliphatic carbocycles. The molecule has 0 fully saturated rings. The van der Waals surface area contributed by atoms with E-state index in [1.54, 1.807) is 0 Å². The summed E-state index contributed by atoms with van der Waals surface area (Å²) in [6, 6.07) is 11.7. The van der Waals surface area contributed by atoms with Crippen LogP contribution in [0, 0.1) is 18.6 Å². The van der Waals surface area contributed by atoms with E-state index in [-0.39, 0.29) is 18.0 Å². The van der Waals surface area contributed by atoms with Gasteiger partial charge in [-0.3, -0.25) is 11.3 Å². The van der Waals surface area contributed by atoms with Gasteiger partial charge in [0.05, 0.1) is 0 Å². The number of benzene rings is 2. The van der Waals surface area contributed by atoms with Gasteiger partial charge < -0.3 is 0 Å². The van der Waals surface area contributed by atoms with Crippen LogP contribution in [0.2, 0.25) is 0 Å². The van der Waals surface area contributed by atoms with Crippen molar-refractivity contribution < 1.29 is 8.78 Å². The van der Waals surface area contributed by atoms with Crippen LogP contribution in [0.4, 0.5) is 8.78 Å². The van der Waals surface area contributed by atoms with E-state index in [1.165, 1.54) is 18.2 Å². The number of nitrogens with one attached hydrogen (secondary N) is 1. The molecule has 0 aliphatic rings. The molecule has 2 aromatic rings. The molecule has 2 aromatic carbocycles. The Morgan fingerprint density at radius 3 is 2.30 bits per heavy atom. The number of nitrogens with two attached hydrogens (primary N) is 1. The summed E-state index contributed by atoms with van der Waals surface area (Å²) in [4.78, 5) is 0. The van der Waals surface area contributed by atoms with Crippen molar-refractivity contribution in [1.82, 2.24) is 5.43 Å². The fraction of sp³-hybridized carbons (Fsp3) is 0.250. The second kappa shape index (κ2) is 6.59. The first-order valence-electron chi connectivity index (χ1n) is 6.54. The monoisotopic (exact) mass is 276 g/mol. The maximum Gasteiger partial charge on any atom is 0.129 e. The molecule has 1 unspecified atom stereocenters. The Morgan fingerprint density at radius 2 is 1.70 bits per heavy atom. The van der Waals surface area contributed by atoms with Crippen LogP contribution >= 0.6 is 0 Å². The van der Waals surface area contributed by atoms with Crippen LogP contribution < -0.4 is 11.3 Å². The number of hydrogen-bond donors (Lipinski definition) is 2. The van der Waals surface area contributed by atoms with E-state index in [0.717, 1.165) is 11.1 Å². The number of hydrazine groups is 1. The Kier molecular flexibility index (Phi) is 4.82. The third-order valence-electron chi connectivity index (χ3n) is 3.31. The first-order valence-corrected chi connectivity index (χ1v) is 6.54. The van der Waals surface area contributed by atoms with Crippen molar-refractivity contribution in [3.05, 3.63) is 70.8 Å². The van der Waals surface area contributed by atoms with Gasteiger partial charge in [0.25, 0.3) is 0 Å². The fourth-order valence-electron chi connectivity index (χ4n) is 2.29. The van der Waals surface area contributed by atoms with Crippen molar-refractivity contribution in [2.75, 3.05) is 0 Å². The summed E-state index contributed by atoms with van der Waals surface area (Å²) >= 11 is 0. The molecule has 0 bridgehead atoms. The SMILES string of the molecule is Cc1cccc(CC(Cc2c(F)cccc2F)NN)c1. The molecule has 4 heteroatoms. The van der Waals surface area contributed by atoms with Crippen molar-refractivity contribution in [3.63, 3.8) is 0 Å². The molecule has 3 N–H and O–H groups in total. The smallest absolute Gasteiger partial charge is 0.129 e. The summed E-state index contributed by atoms with van der Waals surface area (Å²) in [5.41, 5.74) is 4.95. The van der Waals surface area contributed by atoms with E-state index in [0.29, 0.717) is 6.42 Å². The summed E-state index contributed by atoms with van der Waals surface area (Å²) in [5, 5.41) is 0. The number of rotatable bonds is 5. The van der Waals surface area contributed by atoms with Gasteiger partial charge in [-0.2, -0.15) is 0 Å². The van der Waals surface area contributed by atoms with Gasteiger partial charge in [-0.05, 0) is 37.5 Å². The molecule has 0 amide bonds. The Labute approximate surface area is 117 Å².